The van der Waals surface area contributed by atoms with Gasteiger partial charge in [0.2, 0.25) is 5.95 Å². The number of nitrogens with one attached hydrogen (secondary N) is 2. The molecule has 7 heteroatoms. The van der Waals surface area contributed by atoms with Crippen molar-refractivity contribution in [2.45, 2.75) is 70.4 Å². The summed E-state index contributed by atoms with van der Waals surface area (Å²) < 4.78 is 0. The van der Waals surface area contributed by atoms with Crippen molar-refractivity contribution in [2.24, 2.45) is 0 Å². The molecule has 1 heterocycles. The predicted molar refractivity (Wildman–Crippen MR) is 151 cm³/mol. The zero-order chi connectivity index (χ0) is 26.6. The second kappa shape index (κ2) is 11.3. The first-order valence-corrected chi connectivity index (χ1v) is 13.7. The van der Waals surface area contributed by atoms with Crippen LogP contribution in [-0.2, 0) is 12.8 Å². The Hall–Kier alpha value is -3.74. The van der Waals surface area contributed by atoms with Gasteiger partial charge in [0.25, 0.3) is 5.91 Å². The van der Waals surface area contributed by atoms with Gasteiger partial charge in [-0.3, -0.25) is 9.59 Å². The number of benzene rings is 2. The molecular formula is C31H37N5O2. The van der Waals surface area contributed by atoms with Crippen LogP contribution in [0.2, 0.25) is 0 Å². The summed E-state index contributed by atoms with van der Waals surface area (Å²) in [7, 11) is 4.09. The number of amides is 1. The first-order valence-electron chi connectivity index (χ1n) is 13.7. The van der Waals surface area contributed by atoms with E-state index in [1.54, 1.807) is 18.2 Å². The van der Waals surface area contributed by atoms with Gasteiger partial charge in [-0.15, -0.1) is 0 Å². The highest BCUT2D eigenvalue weighted by atomic mass is 16.2. The van der Waals surface area contributed by atoms with Crippen LogP contribution in [-0.4, -0.2) is 47.8 Å². The maximum absolute atomic E-state index is 13.2. The van der Waals surface area contributed by atoms with Gasteiger partial charge in [0.15, 0.2) is 5.78 Å². The van der Waals surface area contributed by atoms with Gasteiger partial charge in [-0.25, -0.2) is 4.98 Å². The average molecular weight is 512 g/mol. The van der Waals surface area contributed by atoms with Crippen molar-refractivity contribution in [2.75, 3.05) is 24.3 Å². The number of carbonyl (C=O) groups is 2. The van der Waals surface area contributed by atoms with Gasteiger partial charge in [0.05, 0.1) is 11.3 Å². The topological polar surface area (TPSA) is 87.2 Å². The molecule has 38 heavy (non-hydrogen) atoms. The second-order valence-electron chi connectivity index (χ2n) is 10.8. The smallest absolute Gasteiger partial charge is 0.252 e. The van der Waals surface area contributed by atoms with Gasteiger partial charge in [-0.2, -0.15) is 4.98 Å². The molecule has 198 valence electrons. The number of hydrogen-bond donors (Lipinski definition) is 2. The fourth-order valence-electron chi connectivity index (χ4n) is 5.58. The first kappa shape index (κ1) is 25.9. The molecule has 1 amide bonds. The van der Waals surface area contributed by atoms with Crippen LogP contribution in [0.4, 0.5) is 11.8 Å². The van der Waals surface area contributed by atoms with Crippen LogP contribution in [0.15, 0.2) is 48.5 Å². The van der Waals surface area contributed by atoms with Crippen LogP contribution < -0.4 is 15.5 Å². The molecule has 0 radical (unpaired) electrons. The summed E-state index contributed by atoms with van der Waals surface area (Å²) in [5.74, 6) is 1.42. The molecule has 2 N–H and O–H groups in total. The number of anilines is 2. The average Bonchev–Trinajstić information content (AvgIpc) is 2.93. The van der Waals surface area contributed by atoms with Crippen LogP contribution >= 0.6 is 0 Å². The fraction of sp³-hybridized carbons (Fsp3) is 0.419. The van der Waals surface area contributed by atoms with Gasteiger partial charge in [-0.05, 0) is 64.4 Å². The molecule has 1 saturated carbocycles. The summed E-state index contributed by atoms with van der Waals surface area (Å²) in [4.78, 5) is 38.2. The Labute approximate surface area is 225 Å². The van der Waals surface area contributed by atoms with Crippen LogP contribution in [0.25, 0.3) is 0 Å². The molecule has 2 aliphatic carbocycles. The van der Waals surface area contributed by atoms with Gasteiger partial charge in [-0.1, -0.05) is 48.0 Å². The zero-order valence-electron chi connectivity index (χ0n) is 22.6. The highest BCUT2D eigenvalue weighted by Crippen LogP contribution is 2.29. The molecule has 0 unspecified atom stereocenters. The van der Waals surface area contributed by atoms with Crippen molar-refractivity contribution in [3.63, 3.8) is 0 Å². The van der Waals surface area contributed by atoms with Gasteiger partial charge in [0.1, 0.15) is 5.82 Å². The first-order chi connectivity index (χ1) is 18.4. The third-order valence-corrected chi connectivity index (χ3v) is 7.71. The van der Waals surface area contributed by atoms with E-state index in [1.807, 2.05) is 51.4 Å². The lowest BCUT2D eigenvalue weighted by Gasteiger charge is -2.30. The number of ketones is 1. The fourth-order valence-corrected chi connectivity index (χ4v) is 5.58. The van der Waals surface area contributed by atoms with Crippen molar-refractivity contribution >= 4 is 23.5 Å². The SMILES string of the molecule is Cc1ccc(C(=O)c2ccccc2C(=O)NC2CCC(Nc3nc4c(c(N(C)C)n3)CCCC4)CC2)cc1. The predicted octanol–water partition coefficient (Wildman–Crippen LogP) is 5.11. The third kappa shape index (κ3) is 5.72. The van der Waals surface area contributed by atoms with E-state index in [4.69, 9.17) is 9.97 Å². The van der Waals surface area contributed by atoms with Crippen LogP contribution in [0.5, 0.6) is 0 Å². The van der Waals surface area contributed by atoms with E-state index in [9.17, 15) is 9.59 Å². The van der Waals surface area contributed by atoms with Crippen LogP contribution in [0.3, 0.4) is 0 Å². The van der Waals surface area contributed by atoms with Gasteiger partial charge < -0.3 is 15.5 Å². The molecule has 0 atom stereocenters. The standard InChI is InChI=1S/C31H37N5O2/c1-20-12-14-21(15-13-20)28(37)24-8-4-5-9-25(24)30(38)32-22-16-18-23(19-17-22)33-31-34-27-11-7-6-10-26(27)29(35-31)36(2)3/h4-5,8-9,12-15,22-23H,6-7,10-11,16-19H2,1-3H3,(H,32,38)(H,33,34,35). The van der Waals surface area contributed by atoms with Gasteiger partial charge in [0, 0.05) is 42.9 Å². The Balaban J connectivity index is 1.21. The molecule has 5 rings (SSSR count). The molecule has 1 fully saturated rings. The minimum absolute atomic E-state index is 0.0740. The number of rotatable bonds is 7. The third-order valence-electron chi connectivity index (χ3n) is 7.71. The van der Waals surface area contributed by atoms with Crippen LogP contribution in [0.1, 0.15) is 81.6 Å². The van der Waals surface area contributed by atoms with Crippen molar-refractivity contribution < 1.29 is 9.59 Å². The number of nitrogens with zero attached hydrogens (tertiary/aromatic N) is 3. The monoisotopic (exact) mass is 511 g/mol. The minimum Gasteiger partial charge on any atom is -0.362 e. The van der Waals surface area contributed by atoms with E-state index in [2.05, 4.69) is 15.5 Å². The number of fused-ring (bicyclic) bond motifs is 1. The Morgan fingerprint density at radius 3 is 2.21 bits per heavy atom. The molecule has 0 spiro atoms. The highest BCUT2D eigenvalue weighted by Gasteiger charge is 2.26. The van der Waals surface area contributed by atoms with Crippen molar-refractivity contribution in [1.29, 1.82) is 0 Å². The maximum Gasteiger partial charge on any atom is 0.252 e. The number of aryl methyl sites for hydroxylation is 2. The normalized spacial score (nSPS) is 18.8. The van der Waals surface area contributed by atoms with E-state index < -0.39 is 0 Å². The number of carbonyl (C=O) groups excluding carboxylic acids is 2. The summed E-state index contributed by atoms with van der Waals surface area (Å²) in [6, 6.07) is 14.9. The van der Waals surface area contributed by atoms with E-state index in [0.717, 1.165) is 49.9 Å². The van der Waals surface area contributed by atoms with Crippen molar-refractivity contribution in [3.8, 4) is 0 Å². The van der Waals surface area contributed by atoms with Crippen LogP contribution in [0, 0.1) is 6.92 Å². The number of aromatic nitrogens is 2. The van der Waals surface area contributed by atoms with Crippen molar-refractivity contribution in [3.05, 3.63) is 82.0 Å². The number of hydrogen-bond acceptors (Lipinski definition) is 6. The summed E-state index contributed by atoms with van der Waals surface area (Å²) >= 11 is 0. The molecule has 0 saturated heterocycles. The Kier molecular flexibility index (Phi) is 7.72. The molecule has 0 bridgehead atoms. The summed E-state index contributed by atoms with van der Waals surface area (Å²) in [6.07, 6.45) is 8.02. The minimum atomic E-state index is -0.189. The van der Waals surface area contributed by atoms with E-state index in [0.29, 0.717) is 22.6 Å². The van der Waals surface area contributed by atoms with E-state index >= 15 is 0 Å². The molecule has 0 aliphatic heterocycles. The summed E-state index contributed by atoms with van der Waals surface area (Å²) in [5.41, 5.74) is 5.01. The quantitative estimate of drug-likeness (QED) is 0.429. The molecule has 3 aromatic rings. The maximum atomic E-state index is 13.2. The van der Waals surface area contributed by atoms with E-state index in [-0.39, 0.29) is 23.8 Å². The molecule has 7 nitrogen and oxygen atoms in total. The molecule has 1 aromatic heterocycles. The molecular weight excluding hydrogens is 474 g/mol. The van der Waals surface area contributed by atoms with Crippen molar-refractivity contribution in [1.82, 2.24) is 15.3 Å². The van der Waals surface area contributed by atoms with E-state index in [1.165, 1.54) is 24.1 Å². The Bertz CT molecular complexity index is 1310. The lowest BCUT2D eigenvalue weighted by Crippen LogP contribution is -2.40. The molecule has 2 aromatic carbocycles. The largest absolute Gasteiger partial charge is 0.362 e. The molecule has 2 aliphatic rings. The second-order valence-corrected chi connectivity index (χ2v) is 10.8. The van der Waals surface area contributed by atoms with Gasteiger partial charge >= 0.3 is 0 Å². The Morgan fingerprint density at radius 2 is 1.50 bits per heavy atom. The summed E-state index contributed by atoms with van der Waals surface area (Å²) in [6.45, 7) is 1.99. The Morgan fingerprint density at radius 1 is 0.842 bits per heavy atom. The zero-order valence-corrected chi connectivity index (χ0v) is 22.6. The highest BCUT2D eigenvalue weighted by molar-refractivity contribution is 6.15. The summed E-state index contributed by atoms with van der Waals surface area (Å²) in [5, 5.41) is 6.76. The lowest BCUT2D eigenvalue weighted by molar-refractivity contribution is 0.0917. The lowest BCUT2D eigenvalue weighted by atomic mass is 9.90.